The number of anilines is 1. The number of aromatic nitrogens is 2. The molecule has 2 aliphatic carbocycles. The predicted octanol–water partition coefficient (Wildman–Crippen LogP) is 2.36. The number of allylic oxidation sites excluding steroid dienone is 2. The number of rotatable bonds is 8. The second-order valence-corrected chi connectivity index (χ2v) is 9.63. The first kappa shape index (κ1) is 19.6. The largest absolute Gasteiger partial charge is 0.299 e. The Morgan fingerprint density at radius 3 is 2.57 bits per heavy atom. The fourth-order valence-corrected chi connectivity index (χ4v) is 5.95. The SMILES string of the molecule is CCCc1nnc(NC(=O)C(CCSC)N2C(=O)C3C4C=CC(C4)C3C2=O)s1. The third-order valence-electron chi connectivity index (χ3n) is 5.88. The maximum Gasteiger partial charge on any atom is 0.249 e. The number of nitrogens with zero attached hydrogens (tertiary/aromatic N) is 3. The number of hydrogen-bond donors (Lipinski definition) is 1. The highest BCUT2D eigenvalue weighted by Crippen LogP contribution is 2.53. The summed E-state index contributed by atoms with van der Waals surface area (Å²) in [7, 11) is 0. The van der Waals surface area contributed by atoms with Gasteiger partial charge in [-0.2, -0.15) is 11.8 Å². The van der Waals surface area contributed by atoms with Crippen molar-refractivity contribution in [3.8, 4) is 0 Å². The van der Waals surface area contributed by atoms with Crippen molar-refractivity contribution in [3.63, 3.8) is 0 Å². The summed E-state index contributed by atoms with van der Waals surface area (Å²) in [6.07, 6.45) is 9.16. The number of hydrogen-bond acceptors (Lipinski definition) is 7. The zero-order chi connectivity index (χ0) is 19.8. The van der Waals surface area contributed by atoms with Crippen LogP contribution in [0.3, 0.4) is 0 Å². The van der Waals surface area contributed by atoms with Gasteiger partial charge in [0.1, 0.15) is 11.0 Å². The van der Waals surface area contributed by atoms with Crippen LogP contribution in [-0.2, 0) is 20.8 Å². The van der Waals surface area contributed by atoms with Gasteiger partial charge >= 0.3 is 0 Å². The van der Waals surface area contributed by atoms with E-state index in [1.54, 1.807) is 11.8 Å². The van der Waals surface area contributed by atoms with Crippen LogP contribution in [0, 0.1) is 23.7 Å². The number of fused-ring (bicyclic) bond motifs is 5. The molecule has 1 saturated heterocycles. The Morgan fingerprint density at radius 2 is 1.96 bits per heavy atom. The standard InChI is InChI=1S/C19H24N4O3S2/c1-3-4-13-21-22-19(28-13)20-16(24)12(7-8-27-2)23-17(25)14-10-5-6-11(9-10)15(14)18(23)26/h5-6,10-12,14-15H,3-4,7-9H2,1-2H3,(H,20,22,24). The molecule has 2 fully saturated rings. The Balaban J connectivity index is 1.53. The van der Waals surface area contributed by atoms with E-state index >= 15 is 0 Å². The first-order chi connectivity index (χ1) is 13.5. The van der Waals surface area contributed by atoms with E-state index in [2.05, 4.69) is 34.6 Å². The number of aryl methyl sites for hydroxylation is 1. The molecule has 5 unspecified atom stereocenters. The molecule has 3 amide bonds. The fraction of sp³-hybridized carbons (Fsp3) is 0.632. The van der Waals surface area contributed by atoms with E-state index in [0.717, 1.165) is 24.3 Å². The Bertz CT molecular complexity index is 794. The molecular formula is C19H24N4O3S2. The van der Waals surface area contributed by atoms with Crippen LogP contribution in [0.1, 0.15) is 31.2 Å². The Morgan fingerprint density at radius 1 is 1.29 bits per heavy atom. The van der Waals surface area contributed by atoms with E-state index in [1.807, 2.05) is 6.26 Å². The second kappa shape index (κ2) is 7.94. The van der Waals surface area contributed by atoms with Crippen molar-refractivity contribution in [1.29, 1.82) is 0 Å². The third-order valence-corrected chi connectivity index (χ3v) is 7.42. The zero-order valence-electron chi connectivity index (χ0n) is 16.0. The van der Waals surface area contributed by atoms with Crippen LogP contribution in [0.25, 0.3) is 0 Å². The van der Waals surface area contributed by atoms with Gasteiger partial charge in [0.2, 0.25) is 22.9 Å². The van der Waals surface area contributed by atoms with Crippen molar-refractivity contribution in [2.24, 2.45) is 23.7 Å². The van der Waals surface area contributed by atoms with Crippen LogP contribution < -0.4 is 5.32 Å². The molecule has 1 aromatic heterocycles. The number of amides is 3. The van der Waals surface area contributed by atoms with E-state index in [-0.39, 0.29) is 41.4 Å². The number of carbonyl (C=O) groups is 3. The quantitative estimate of drug-likeness (QED) is 0.513. The summed E-state index contributed by atoms with van der Waals surface area (Å²) >= 11 is 2.93. The molecule has 0 aromatic carbocycles. The molecule has 2 heterocycles. The minimum Gasteiger partial charge on any atom is -0.299 e. The fourth-order valence-electron chi connectivity index (χ4n) is 4.65. The van der Waals surface area contributed by atoms with Gasteiger partial charge in [-0.3, -0.25) is 24.6 Å². The van der Waals surface area contributed by atoms with Gasteiger partial charge in [-0.15, -0.1) is 10.2 Å². The number of likely N-dealkylation sites (tertiary alicyclic amines) is 1. The molecule has 2 bridgehead atoms. The molecule has 28 heavy (non-hydrogen) atoms. The molecule has 3 aliphatic rings. The third kappa shape index (κ3) is 3.28. The summed E-state index contributed by atoms with van der Waals surface area (Å²) in [6, 6.07) is -0.795. The van der Waals surface area contributed by atoms with E-state index in [9.17, 15) is 14.4 Å². The minimum atomic E-state index is -0.795. The maximum absolute atomic E-state index is 13.1. The summed E-state index contributed by atoms with van der Waals surface area (Å²) in [5, 5.41) is 12.2. The lowest BCUT2D eigenvalue weighted by Crippen LogP contribution is -2.48. The number of nitrogens with one attached hydrogen (secondary N) is 1. The molecule has 7 nitrogen and oxygen atoms in total. The monoisotopic (exact) mass is 420 g/mol. The lowest BCUT2D eigenvalue weighted by molar-refractivity contribution is -0.147. The lowest BCUT2D eigenvalue weighted by Gasteiger charge is -2.26. The molecule has 1 saturated carbocycles. The van der Waals surface area contributed by atoms with Crippen LogP contribution in [0.4, 0.5) is 5.13 Å². The normalized spacial score (nSPS) is 28.9. The van der Waals surface area contributed by atoms with Crippen LogP contribution >= 0.6 is 23.1 Å². The maximum atomic E-state index is 13.1. The molecule has 4 rings (SSSR count). The lowest BCUT2D eigenvalue weighted by atomic mass is 9.85. The molecular weight excluding hydrogens is 396 g/mol. The van der Waals surface area contributed by atoms with Crippen molar-refractivity contribution in [2.75, 3.05) is 17.3 Å². The number of imide groups is 1. The van der Waals surface area contributed by atoms with Gasteiger partial charge in [-0.1, -0.05) is 30.4 Å². The van der Waals surface area contributed by atoms with Crippen molar-refractivity contribution >= 4 is 46.0 Å². The second-order valence-electron chi connectivity index (χ2n) is 7.58. The van der Waals surface area contributed by atoms with Gasteiger partial charge in [0.15, 0.2) is 0 Å². The Kier molecular flexibility index (Phi) is 5.55. The highest BCUT2D eigenvalue weighted by molar-refractivity contribution is 7.98. The molecule has 1 aliphatic heterocycles. The molecule has 0 radical (unpaired) electrons. The van der Waals surface area contributed by atoms with Gasteiger partial charge in [0.05, 0.1) is 11.8 Å². The zero-order valence-corrected chi connectivity index (χ0v) is 17.6. The van der Waals surface area contributed by atoms with Gasteiger partial charge < -0.3 is 0 Å². The van der Waals surface area contributed by atoms with Crippen LogP contribution in [0.2, 0.25) is 0 Å². The van der Waals surface area contributed by atoms with Crippen molar-refractivity contribution in [3.05, 3.63) is 17.2 Å². The van der Waals surface area contributed by atoms with Gasteiger partial charge in [-0.25, -0.2) is 0 Å². The van der Waals surface area contributed by atoms with Crippen LogP contribution in [-0.4, -0.2) is 50.9 Å². The number of carbonyl (C=O) groups excluding carboxylic acids is 3. The van der Waals surface area contributed by atoms with Gasteiger partial charge in [0, 0.05) is 6.42 Å². The van der Waals surface area contributed by atoms with Gasteiger partial charge in [-0.05, 0) is 43.1 Å². The van der Waals surface area contributed by atoms with E-state index < -0.39 is 6.04 Å². The molecule has 9 heteroatoms. The topological polar surface area (TPSA) is 92.3 Å². The van der Waals surface area contributed by atoms with E-state index in [1.165, 1.54) is 16.2 Å². The van der Waals surface area contributed by atoms with Crippen molar-refractivity contribution in [1.82, 2.24) is 15.1 Å². The highest BCUT2D eigenvalue weighted by Gasteiger charge is 2.61. The first-order valence-corrected chi connectivity index (χ1v) is 11.9. The Hall–Kier alpha value is -1.74. The predicted molar refractivity (Wildman–Crippen MR) is 109 cm³/mol. The average Bonchev–Trinajstić information content (AvgIpc) is 3.43. The van der Waals surface area contributed by atoms with Crippen molar-refractivity contribution in [2.45, 2.75) is 38.6 Å². The van der Waals surface area contributed by atoms with Crippen LogP contribution in [0.15, 0.2) is 12.2 Å². The number of thioether (sulfide) groups is 1. The molecule has 5 atom stereocenters. The van der Waals surface area contributed by atoms with E-state index in [0.29, 0.717) is 17.3 Å². The molecule has 1 aromatic rings. The molecule has 150 valence electrons. The highest BCUT2D eigenvalue weighted by atomic mass is 32.2. The minimum absolute atomic E-state index is 0.139. The molecule has 1 N–H and O–H groups in total. The summed E-state index contributed by atoms with van der Waals surface area (Å²) in [4.78, 5) is 40.5. The summed E-state index contributed by atoms with van der Waals surface area (Å²) in [6.45, 7) is 2.06. The van der Waals surface area contributed by atoms with Crippen LogP contribution in [0.5, 0.6) is 0 Å². The summed E-state index contributed by atoms with van der Waals surface area (Å²) in [5.74, 6) is -0.327. The Labute approximate surface area is 172 Å². The van der Waals surface area contributed by atoms with Crippen molar-refractivity contribution < 1.29 is 14.4 Å². The summed E-state index contributed by atoms with van der Waals surface area (Å²) < 4.78 is 0. The first-order valence-electron chi connectivity index (χ1n) is 9.72. The molecule has 0 spiro atoms. The van der Waals surface area contributed by atoms with Gasteiger partial charge in [0.25, 0.3) is 0 Å². The van der Waals surface area contributed by atoms with E-state index in [4.69, 9.17) is 0 Å². The summed E-state index contributed by atoms with van der Waals surface area (Å²) in [5.41, 5.74) is 0. The smallest absolute Gasteiger partial charge is 0.249 e. The average molecular weight is 421 g/mol.